The van der Waals surface area contributed by atoms with E-state index in [2.05, 4.69) is 6.58 Å². The van der Waals surface area contributed by atoms with Crippen molar-refractivity contribution in [2.24, 2.45) is 11.7 Å². The molecule has 1 rings (SSSR count). The van der Waals surface area contributed by atoms with Crippen LogP contribution in [0.4, 0.5) is 4.79 Å². The van der Waals surface area contributed by atoms with Crippen LogP contribution in [0.3, 0.4) is 0 Å². The van der Waals surface area contributed by atoms with Crippen molar-refractivity contribution >= 4 is 24.0 Å². The molecule has 0 saturated carbocycles. The lowest BCUT2D eigenvalue weighted by atomic mass is 10.1. The molecule has 1 aromatic carbocycles. The summed E-state index contributed by atoms with van der Waals surface area (Å²) in [5, 5.41) is 1.90. The summed E-state index contributed by atoms with van der Waals surface area (Å²) in [5.41, 5.74) is 5.58. The minimum atomic E-state index is -1.14. The highest BCUT2D eigenvalue weighted by Gasteiger charge is 2.26. The van der Waals surface area contributed by atoms with Crippen molar-refractivity contribution in [3.05, 3.63) is 42.5 Å². The number of primary amides is 1. The summed E-state index contributed by atoms with van der Waals surface area (Å²) in [7, 11) is 1.50. The largest absolute Gasteiger partial charge is 0.493 e. The fraction of sp³-hybridized carbons (Fsp3) is 0.316. The first kappa shape index (κ1) is 21.8. The molecule has 1 aromatic rings. The highest BCUT2D eigenvalue weighted by molar-refractivity contribution is 5.97. The standard InChI is InChI=1S/C19H24N2O6/c1-5-10-26-14-8-6-13(11-15(14)25-4)7-9-16(22)27-17(12(2)3)18(23)21-19(20)24/h5-9,11-12,17H,1,10H2,2-4H3,(H3,20,21,23,24)/b9-7+/t17-/m0/s1. The Morgan fingerprint density at radius 1 is 1.26 bits per heavy atom. The van der Waals surface area contributed by atoms with Gasteiger partial charge >= 0.3 is 12.0 Å². The summed E-state index contributed by atoms with van der Waals surface area (Å²) < 4.78 is 15.8. The molecular formula is C19H24N2O6. The highest BCUT2D eigenvalue weighted by atomic mass is 16.5. The summed E-state index contributed by atoms with van der Waals surface area (Å²) in [4.78, 5) is 34.7. The van der Waals surface area contributed by atoms with Crippen LogP contribution in [0, 0.1) is 5.92 Å². The number of carbonyl (C=O) groups excluding carboxylic acids is 3. The smallest absolute Gasteiger partial charge is 0.331 e. The van der Waals surface area contributed by atoms with Crippen molar-refractivity contribution < 1.29 is 28.6 Å². The second kappa shape index (κ2) is 10.6. The lowest BCUT2D eigenvalue weighted by Gasteiger charge is -2.18. The SMILES string of the molecule is C=CCOc1ccc(/C=C/C(=O)O[C@H](C(=O)NC(N)=O)C(C)C)cc1OC. The summed E-state index contributed by atoms with van der Waals surface area (Å²) in [5.74, 6) is -0.819. The zero-order valence-corrected chi connectivity index (χ0v) is 15.6. The zero-order chi connectivity index (χ0) is 20.4. The predicted molar refractivity (Wildman–Crippen MR) is 100 cm³/mol. The maximum absolute atomic E-state index is 12.0. The van der Waals surface area contributed by atoms with Gasteiger partial charge in [-0.15, -0.1) is 0 Å². The van der Waals surface area contributed by atoms with Gasteiger partial charge in [0, 0.05) is 6.08 Å². The van der Waals surface area contributed by atoms with Gasteiger partial charge in [-0.05, 0) is 29.7 Å². The first-order valence-electron chi connectivity index (χ1n) is 8.19. The number of ether oxygens (including phenoxy) is 3. The van der Waals surface area contributed by atoms with Crippen molar-refractivity contribution in [1.29, 1.82) is 0 Å². The fourth-order valence-electron chi connectivity index (χ4n) is 2.07. The fourth-order valence-corrected chi connectivity index (χ4v) is 2.07. The molecule has 27 heavy (non-hydrogen) atoms. The van der Waals surface area contributed by atoms with Gasteiger partial charge in [-0.1, -0.05) is 32.6 Å². The summed E-state index contributed by atoms with van der Waals surface area (Å²) >= 11 is 0. The van der Waals surface area contributed by atoms with E-state index in [0.29, 0.717) is 23.7 Å². The average molecular weight is 376 g/mol. The van der Waals surface area contributed by atoms with E-state index in [4.69, 9.17) is 19.9 Å². The minimum Gasteiger partial charge on any atom is -0.493 e. The summed E-state index contributed by atoms with van der Waals surface area (Å²) in [6, 6.07) is 4.10. The Hall–Kier alpha value is -3.29. The zero-order valence-electron chi connectivity index (χ0n) is 15.6. The van der Waals surface area contributed by atoms with E-state index in [0.717, 1.165) is 0 Å². The molecule has 0 fully saturated rings. The van der Waals surface area contributed by atoms with E-state index < -0.39 is 24.0 Å². The van der Waals surface area contributed by atoms with Crippen molar-refractivity contribution in [3.8, 4) is 11.5 Å². The van der Waals surface area contributed by atoms with Gasteiger partial charge in [0.15, 0.2) is 17.6 Å². The predicted octanol–water partition coefficient (Wildman–Crippen LogP) is 2.04. The van der Waals surface area contributed by atoms with Gasteiger partial charge in [0.25, 0.3) is 5.91 Å². The average Bonchev–Trinajstić information content (AvgIpc) is 2.61. The molecule has 0 bridgehead atoms. The van der Waals surface area contributed by atoms with E-state index in [1.54, 1.807) is 38.1 Å². The number of esters is 1. The van der Waals surface area contributed by atoms with Gasteiger partial charge < -0.3 is 19.9 Å². The maximum atomic E-state index is 12.0. The molecule has 8 heteroatoms. The molecule has 0 spiro atoms. The Bertz CT molecular complexity index is 727. The van der Waals surface area contributed by atoms with Gasteiger partial charge in [-0.2, -0.15) is 0 Å². The number of carbonyl (C=O) groups is 3. The molecule has 0 aliphatic heterocycles. The van der Waals surface area contributed by atoms with Crippen molar-refractivity contribution in [1.82, 2.24) is 5.32 Å². The second-order valence-corrected chi connectivity index (χ2v) is 5.80. The molecule has 3 N–H and O–H groups in total. The molecule has 0 radical (unpaired) electrons. The lowest BCUT2D eigenvalue weighted by Crippen LogP contribution is -2.45. The molecule has 0 aromatic heterocycles. The van der Waals surface area contributed by atoms with Crippen molar-refractivity contribution in [2.75, 3.05) is 13.7 Å². The van der Waals surface area contributed by atoms with Crippen LogP contribution in [0.1, 0.15) is 19.4 Å². The number of rotatable bonds is 9. The van der Waals surface area contributed by atoms with E-state index in [1.165, 1.54) is 19.3 Å². The van der Waals surface area contributed by atoms with Crippen LogP contribution in [0.25, 0.3) is 6.08 Å². The number of benzene rings is 1. The highest BCUT2D eigenvalue weighted by Crippen LogP contribution is 2.28. The molecule has 0 aliphatic carbocycles. The molecular weight excluding hydrogens is 352 g/mol. The van der Waals surface area contributed by atoms with Crippen LogP contribution >= 0.6 is 0 Å². The number of nitrogens with two attached hydrogens (primary N) is 1. The normalized spacial score (nSPS) is 11.7. The summed E-state index contributed by atoms with van der Waals surface area (Å²) in [6.45, 7) is 7.27. The molecule has 0 aliphatic rings. The maximum Gasteiger partial charge on any atom is 0.331 e. The summed E-state index contributed by atoms with van der Waals surface area (Å²) in [6.07, 6.45) is 3.15. The Balaban J connectivity index is 2.82. The lowest BCUT2D eigenvalue weighted by molar-refractivity contribution is -0.153. The Kier molecular flexibility index (Phi) is 8.58. The second-order valence-electron chi connectivity index (χ2n) is 5.80. The molecule has 0 unspecified atom stereocenters. The Labute approximate surface area is 158 Å². The molecule has 1 atom stereocenters. The van der Waals surface area contributed by atoms with Crippen LogP contribution in [0.2, 0.25) is 0 Å². The quantitative estimate of drug-likeness (QED) is 0.387. The number of hydrogen-bond acceptors (Lipinski definition) is 6. The van der Waals surface area contributed by atoms with E-state index in [1.807, 2.05) is 5.32 Å². The van der Waals surface area contributed by atoms with Crippen LogP contribution in [0.5, 0.6) is 11.5 Å². The number of imide groups is 1. The third-order valence-corrected chi connectivity index (χ3v) is 3.31. The topological polar surface area (TPSA) is 117 Å². The number of nitrogens with one attached hydrogen (secondary N) is 1. The molecule has 0 saturated heterocycles. The van der Waals surface area contributed by atoms with Crippen molar-refractivity contribution in [2.45, 2.75) is 20.0 Å². The first-order valence-corrected chi connectivity index (χ1v) is 8.19. The molecule has 0 heterocycles. The first-order chi connectivity index (χ1) is 12.8. The van der Waals surface area contributed by atoms with E-state index in [-0.39, 0.29) is 5.92 Å². The van der Waals surface area contributed by atoms with Crippen LogP contribution in [-0.2, 0) is 14.3 Å². The van der Waals surface area contributed by atoms with Gasteiger partial charge in [0.05, 0.1) is 7.11 Å². The molecule has 8 nitrogen and oxygen atoms in total. The number of urea groups is 1. The number of amides is 3. The van der Waals surface area contributed by atoms with Gasteiger partial charge in [-0.3, -0.25) is 10.1 Å². The Morgan fingerprint density at radius 2 is 1.96 bits per heavy atom. The van der Waals surface area contributed by atoms with Crippen molar-refractivity contribution in [3.63, 3.8) is 0 Å². The van der Waals surface area contributed by atoms with Crippen LogP contribution in [0.15, 0.2) is 36.9 Å². The van der Waals surface area contributed by atoms with E-state index in [9.17, 15) is 14.4 Å². The molecule has 3 amide bonds. The number of methoxy groups -OCH3 is 1. The third kappa shape index (κ3) is 7.23. The monoisotopic (exact) mass is 376 g/mol. The van der Waals surface area contributed by atoms with Gasteiger partial charge in [-0.25, -0.2) is 9.59 Å². The molecule has 146 valence electrons. The third-order valence-electron chi connectivity index (χ3n) is 3.31. The number of hydrogen-bond donors (Lipinski definition) is 2. The van der Waals surface area contributed by atoms with Gasteiger partial charge in [0.1, 0.15) is 6.61 Å². The van der Waals surface area contributed by atoms with Crippen LogP contribution < -0.4 is 20.5 Å². The van der Waals surface area contributed by atoms with Gasteiger partial charge in [0.2, 0.25) is 0 Å². The van der Waals surface area contributed by atoms with E-state index >= 15 is 0 Å². The minimum absolute atomic E-state index is 0.335. The Morgan fingerprint density at radius 3 is 2.52 bits per heavy atom. The van der Waals surface area contributed by atoms with Crippen LogP contribution in [-0.4, -0.2) is 37.7 Å².